The average Bonchev–Trinajstić information content (AvgIpc) is 1.62. The molecule has 0 rings (SSSR count). The molecule has 0 saturated carbocycles. The Morgan fingerprint density at radius 1 is 0.462 bits per heavy atom. The smallest absolute Gasteiger partial charge is 1.00 e. The average molecular weight is 663 g/mol. The van der Waals surface area contributed by atoms with Crippen molar-refractivity contribution in [2.45, 2.75) is 0 Å². The van der Waals surface area contributed by atoms with E-state index in [0.717, 1.165) is 0 Å². The summed E-state index contributed by atoms with van der Waals surface area (Å²) in [6, 6.07) is 0. The number of hydrogen-bond donors (Lipinski definition) is 8. The summed E-state index contributed by atoms with van der Waals surface area (Å²) in [6.45, 7) is 0. The van der Waals surface area contributed by atoms with Gasteiger partial charge in [-0.3, -0.25) is 36.4 Å². The van der Waals surface area contributed by atoms with Crippen LogP contribution in [0.5, 0.6) is 0 Å². The monoisotopic (exact) mass is 662 g/mol. The fourth-order valence-corrected chi connectivity index (χ4v) is 0. The molecule has 0 atom stereocenters. The molecule has 26 heteroatoms. The van der Waals surface area contributed by atoms with Crippen LogP contribution in [0.4, 0.5) is 0 Å². The first-order valence-electron chi connectivity index (χ1n) is 2.79. The molecule has 8 N–H and O–H groups in total. The SMILES string of the molecule is O=S(=O)(O)O.O=S(=O)(O)O.O=S(=O)(O)O.O=S(=O)(O)O.[AlH3].[AlH3].[Cr].[Cu].[H-].[K+].[Mn]. The zero-order chi connectivity index (χ0) is 18.0. The molecule has 16 nitrogen and oxygen atoms in total. The first-order chi connectivity index (χ1) is 8.00. The van der Waals surface area contributed by atoms with Crippen molar-refractivity contribution in [3.63, 3.8) is 0 Å². The summed E-state index contributed by atoms with van der Waals surface area (Å²) in [6.07, 6.45) is 0. The largest absolute Gasteiger partial charge is 1.00 e. The third-order valence-corrected chi connectivity index (χ3v) is 0. The van der Waals surface area contributed by atoms with Gasteiger partial charge in [0.05, 0.1) is 0 Å². The van der Waals surface area contributed by atoms with Gasteiger partial charge in [0, 0.05) is 51.5 Å². The Morgan fingerprint density at radius 2 is 0.462 bits per heavy atom. The molecule has 0 amide bonds. The van der Waals surface area contributed by atoms with Gasteiger partial charge in [-0.25, -0.2) is 0 Å². The van der Waals surface area contributed by atoms with E-state index < -0.39 is 41.6 Å². The molecular formula is H15Al2CrCuKMnO16S4. The summed E-state index contributed by atoms with van der Waals surface area (Å²) in [5.41, 5.74) is 0. The third-order valence-electron chi connectivity index (χ3n) is 0. The number of rotatable bonds is 0. The van der Waals surface area contributed by atoms with E-state index in [1.165, 1.54) is 0 Å². The van der Waals surface area contributed by atoms with Crippen LogP contribution in [-0.2, 0) is 93.1 Å². The third kappa shape index (κ3) is 1410. The summed E-state index contributed by atoms with van der Waals surface area (Å²) in [7, 11) is -18.7. The minimum absolute atomic E-state index is 0. The van der Waals surface area contributed by atoms with Crippen LogP contribution in [-0.4, -0.2) is 105 Å². The Balaban J connectivity index is -0.0000000129. The second kappa shape index (κ2) is 28.8. The van der Waals surface area contributed by atoms with Crippen molar-refractivity contribution in [1.29, 1.82) is 0 Å². The maximum Gasteiger partial charge on any atom is 1.00 e. The topological polar surface area (TPSA) is 298 Å². The van der Waals surface area contributed by atoms with Crippen LogP contribution in [0, 0.1) is 0 Å². The molecule has 0 aromatic heterocycles. The minimum Gasteiger partial charge on any atom is -1.00 e. The van der Waals surface area contributed by atoms with Gasteiger partial charge < -0.3 is 1.43 Å². The standard InChI is InChI=1S/2Al.Cr.Cu.K.Mn.4H2O4S.7H/c;;;;;;4*1-5(2,3)4;;;;;;;/h;;;;;;4*(H2,1,2,3,4);;;;;;;/q;;;;+1;;;;;;;;;;;;-1. The van der Waals surface area contributed by atoms with Crippen LogP contribution >= 0.6 is 0 Å². The van der Waals surface area contributed by atoms with Crippen molar-refractivity contribution in [3.8, 4) is 0 Å². The van der Waals surface area contributed by atoms with Gasteiger partial charge in [0.25, 0.3) is 0 Å². The second-order valence-corrected chi connectivity index (χ2v) is 5.37. The fourth-order valence-electron chi connectivity index (χ4n) is 0. The summed E-state index contributed by atoms with van der Waals surface area (Å²) in [4.78, 5) is 0. The molecule has 0 aromatic carbocycles. The molecule has 0 saturated heterocycles. The van der Waals surface area contributed by atoms with Gasteiger partial charge in [0.2, 0.25) is 0 Å². The van der Waals surface area contributed by atoms with E-state index in [0.29, 0.717) is 0 Å². The molecule has 26 heavy (non-hydrogen) atoms. The molecule has 166 valence electrons. The maximum absolute atomic E-state index is 8.74. The summed E-state index contributed by atoms with van der Waals surface area (Å²) in [5.74, 6) is 0. The molecule has 0 unspecified atom stereocenters. The Bertz CT molecular complexity index is 507. The van der Waals surface area contributed by atoms with E-state index in [1.807, 2.05) is 0 Å². The molecule has 0 aliphatic rings. The minimum atomic E-state index is -4.67. The molecule has 0 aromatic rings. The van der Waals surface area contributed by atoms with Crippen molar-refractivity contribution in [3.05, 3.63) is 0 Å². The van der Waals surface area contributed by atoms with Gasteiger partial charge >= 0.3 is 93.0 Å². The van der Waals surface area contributed by atoms with Crippen molar-refractivity contribution >= 4 is 76.3 Å². The first-order valence-corrected chi connectivity index (χ1v) is 8.38. The second-order valence-electron chi connectivity index (χ2n) is 1.79. The zero-order valence-corrected chi connectivity index (χ0v) is 20.4. The molecule has 0 aliphatic carbocycles. The number of hydrogen-bond acceptors (Lipinski definition) is 8. The van der Waals surface area contributed by atoms with Crippen molar-refractivity contribution < 1.29 is 174 Å². The molecule has 0 bridgehead atoms. The van der Waals surface area contributed by atoms with Crippen LogP contribution in [0.3, 0.4) is 0 Å². The van der Waals surface area contributed by atoms with E-state index in [-0.39, 0.29) is 139 Å². The van der Waals surface area contributed by atoms with E-state index in [2.05, 4.69) is 0 Å². The molecular weight excluding hydrogens is 648 g/mol. The van der Waals surface area contributed by atoms with Crippen LogP contribution in [0.1, 0.15) is 1.43 Å². The predicted octanol–water partition coefficient (Wildman–Crippen LogP) is -7.87. The molecule has 0 spiro atoms. The molecule has 2 radical (unpaired) electrons. The Hall–Kier alpha value is 3.75. The normalized spacial score (nSPS) is 8.92. The van der Waals surface area contributed by atoms with E-state index in [9.17, 15) is 0 Å². The molecule has 0 aliphatic heterocycles. The van der Waals surface area contributed by atoms with Gasteiger partial charge in [0.15, 0.2) is 34.7 Å². The zero-order valence-electron chi connectivity index (χ0n) is 11.6. The van der Waals surface area contributed by atoms with Gasteiger partial charge in [-0.2, -0.15) is 33.7 Å². The van der Waals surface area contributed by atoms with Gasteiger partial charge in [0.1, 0.15) is 0 Å². The first kappa shape index (κ1) is 63.0. The van der Waals surface area contributed by atoms with Gasteiger partial charge in [-0.05, 0) is 0 Å². The van der Waals surface area contributed by atoms with Crippen LogP contribution in [0.15, 0.2) is 0 Å². The van der Waals surface area contributed by atoms with Crippen LogP contribution in [0.25, 0.3) is 0 Å². The Kier molecular flexibility index (Phi) is 69.7. The molecule has 0 fully saturated rings. The Labute approximate surface area is 246 Å². The summed E-state index contributed by atoms with van der Waals surface area (Å²) in [5, 5.41) is 0. The van der Waals surface area contributed by atoms with Crippen molar-refractivity contribution in [2.75, 3.05) is 0 Å². The van der Waals surface area contributed by atoms with Gasteiger partial charge in [-0.1, -0.05) is 0 Å². The predicted molar refractivity (Wildman–Crippen MR) is 77.7 cm³/mol. The Morgan fingerprint density at radius 3 is 0.462 bits per heavy atom. The van der Waals surface area contributed by atoms with E-state index in [4.69, 9.17) is 70.1 Å². The van der Waals surface area contributed by atoms with E-state index in [1.54, 1.807) is 0 Å². The van der Waals surface area contributed by atoms with Crippen LogP contribution < -0.4 is 51.4 Å². The summed E-state index contributed by atoms with van der Waals surface area (Å²) < 4.78 is 126. The van der Waals surface area contributed by atoms with E-state index >= 15 is 0 Å². The van der Waals surface area contributed by atoms with Crippen LogP contribution in [0.2, 0.25) is 0 Å². The van der Waals surface area contributed by atoms with Crippen molar-refractivity contribution in [1.82, 2.24) is 0 Å². The maximum atomic E-state index is 8.74. The summed E-state index contributed by atoms with van der Waals surface area (Å²) >= 11 is 0. The molecule has 0 heterocycles. The van der Waals surface area contributed by atoms with Crippen molar-refractivity contribution in [2.24, 2.45) is 0 Å². The quantitative estimate of drug-likeness (QED) is 0.0882. The van der Waals surface area contributed by atoms with Gasteiger partial charge in [-0.15, -0.1) is 0 Å². The fraction of sp³-hybridized carbons (Fsp3) is 0.